The topological polar surface area (TPSA) is 84.9 Å². The molecule has 0 aliphatic heterocycles. The number of carbonyl (C=O) groups is 1. The van der Waals surface area contributed by atoms with Crippen molar-refractivity contribution in [3.8, 4) is 11.5 Å². The molecule has 33 heavy (non-hydrogen) atoms. The van der Waals surface area contributed by atoms with Crippen molar-refractivity contribution in [2.45, 2.75) is 18.7 Å². The molecule has 3 aromatic rings. The minimum absolute atomic E-state index is 0.00615. The molecule has 1 amide bonds. The summed E-state index contributed by atoms with van der Waals surface area (Å²) >= 11 is 0. The zero-order valence-corrected chi connectivity index (χ0v) is 19.8. The molecule has 8 heteroatoms. The van der Waals surface area contributed by atoms with Gasteiger partial charge in [-0.1, -0.05) is 18.2 Å². The van der Waals surface area contributed by atoms with Crippen LogP contribution in [-0.2, 0) is 10.0 Å². The first-order chi connectivity index (χ1) is 15.8. The van der Waals surface area contributed by atoms with E-state index in [1.807, 2.05) is 38.1 Å². The highest BCUT2D eigenvalue weighted by Gasteiger charge is 2.18. The number of sulfonamides is 1. The summed E-state index contributed by atoms with van der Waals surface area (Å²) in [5, 5.41) is 0. The minimum atomic E-state index is -3.86. The number of carbonyl (C=O) groups excluding carboxylic acids is 1. The van der Waals surface area contributed by atoms with Crippen molar-refractivity contribution in [2.75, 3.05) is 31.5 Å². The summed E-state index contributed by atoms with van der Waals surface area (Å²) in [5.41, 5.74) is 1.78. The van der Waals surface area contributed by atoms with Crippen LogP contribution in [0.2, 0.25) is 0 Å². The molecule has 0 aliphatic rings. The van der Waals surface area contributed by atoms with Gasteiger partial charge in [0, 0.05) is 18.3 Å². The molecule has 0 unspecified atom stereocenters. The number of amides is 1. The molecule has 0 radical (unpaired) electrons. The van der Waals surface area contributed by atoms with Crippen LogP contribution in [0.3, 0.4) is 0 Å². The molecule has 174 valence electrons. The van der Waals surface area contributed by atoms with Gasteiger partial charge in [0.05, 0.1) is 18.0 Å². The Morgan fingerprint density at radius 2 is 1.67 bits per heavy atom. The van der Waals surface area contributed by atoms with Gasteiger partial charge in [0.1, 0.15) is 18.1 Å². The molecule has 0 aromatic heterocycles. The third-order valence-corrected chi connectivity index (χ3v) is 6.22. The summed E-state index contributed by atoms with van der Waals surface area (Å²) in [6.07, 6.45) is 0. The summed E-state index contributed by atoms with van der Waals surface area (Å²) in [6.45, 7) is 5.06. The predicted molar refractivity (Wildman–Crippen MR) is 128 cm³/mol. The lowest BCUT2D eigenvalue weighted by atomic mass is 10.2. The molecule has 1 N–H and O–H groups in total. The van der Waals surface area contributed by atoms with Gasteiger partial charge >= 0.3 is 0 Å². The molecule has 0 heterocycles. The fourth-order valence-corrected chi connectivity index (χ4v) is 4.23. The van der Waals surface area contributed by atoms with Crippen molar-refractivity contribution >= 4 is 21.6 Å². The highest BCUT2D eigenvalue weighted by Crippen LogP contribution is 2.21. The van der Waals surface area contributed by atoms with E-state index in [9.17, 15) is 13.2 Å². The number of nitrogens with zero attached hydrogens (tertiary/aromatic N) is 1. The van der Waals surface area contributed by atoms with E-state index < -0.39 is 10.0 Å². The van der Waals surface area contributed by atoms with Crippen LogP contribution in [0.1, 0.15) is 22.8 Å². The van der Waals surface area contributed by atoms with Gasteiger partial charge < -0.3 is 14.4 Å². The Morgan fingerprint density at radius 1 is 0.939 bits per heavy atom. The van der Waals surface area contributed by atoms with Crippen molar-refractivity contribution in [1.29, 1.82) is 0 Å². The maximum atomic E-state index is 12.8. The largest absolute Gasteiger partial charge is 0.494 e. The third-order valence-electron chi connectivity index (χ3n) is 4.84. The van der Waals surface area contributed by atoms with Gasteiger partial charge in [-0.3, -0.25) is 9.52 Å². The van der Waals surface area contributed by atoms with Gasteiger partial charge in [0.15, 0.2) is 0 Å². The van der Waals surface area contributed by atoms with E-state index in [1.165, 1.54) is 17.0 Å². The zero-order valence-electron chi connectivity index (χ0n) is 18.9. The van der Waals surface area contributed by atoms with E-state index >= 15 is 0 Å². The lowest BCUT2D eigenvalue weighted by Crippen LogP contribution is -2.31. The Morgan fingerprint density at radius 3 is 2.36 bits per heavy atom. The maximum absolute atomic E-state index is 12.8. The highest BCUT2D eigenvalue weighted by atomic mass is 32.2. The van der Waals surface area contributed by atoms with Crippen molar-refractivity contribution in [1.82, 2.24) is 4.90 Å². The Kier molecular flexibility index (Phi) is 7.95. The fourth-order valence-electron chi connectivity index (χ4n) is 3.12. The van der Waals surface area contributed by atoms with Crippen LogP contribution >= 0.6 is 0 Å². The number of rotatable bonds is 10. The number of anilines is 1. The lowest BCUT2D eigenvalue weighted by molar-refractivity contribution is 0.0773. The van der Waals surface area contributed by atoms with Gasteiger partial charge in [-0.15, -0.1) is 0 Å². The molecular formula is C25H28N2O5S. The molecule has 0 spiro atoms. The quantitative estimate of drug-likeness (QED) is 0.478. The molecule has 3 rings (SSSR count). The van der Waals surface area contributed by atoms with Crippen LogP contribution in [0.4, 0.5) is 5.69 Å². The molecule has 7 nitrogen and oxygen atoms in total. The van der Waals surface area contributed by atoms with Gasteiger partial charge in [0.2, 0.25) is 0 Å². The Labute approximate surface area is 195 Å². The van der Waals surface area contributed by atoms with Gasteiger partial charge in [-0.25, -0.2) is 8.42 Å². The van der Waals surface area contributed by atoms with Crippen LogP contribution in [0, 0.1) is 6.92 Å². The summed E-state index contributed by atoms with van der Waals surface area (Å²) in [4.78, 5) is 14.3. The average molecular weight is 469 g/mol. The monoisotopic (exact) mass is 468 g/mol. The fraction of sp³-hybridized carbons (Fsp3) is 0.240. The van der Waals surface area contributed by atoms with E-state index in [4.69, 9.17) is 9.47 Å². The van der Waals surface area contributed by atoms with Crippen molar-refractivity contribution in [3.05, 3.63) is 83.9 Å². The van der Waals surface area contributed by atoms with Gasteiger partial charge in [0.25, 0.3) is 15.9 Å². The van der Waals surface area contributed by atoms with Crippen LogP contribution in [0.15, 0.2) is 77.7 Å². The average Bonchev–Trinajstić information content (AvgIpc) is 2.80. The standard InChI is InChI=1S/C25H28N2O5S/c1-4-31-22-13-11-21(12-14-22)26-33(29,30)24-10-6-8-20(18-24)25(28)27(3)15-16-32-23-9-5-7-19(2)17-23/h5-14,17-18,26H,4,15-16H2,1-3H3. The number of likely N-dealkylation sites (N-methyl/N-ethyl adjacent to an activating group) is 1. The van der Waals surface area contributed by atoms with Crippen molar-refractivity contribution < 1.29 is 22.7 Å². The van der Waals surface area contributed by atoms with E-state index in [0.717, 1.165) is 11.3 Å². The van der Waals surface area contributed by atoms with Gasteiger partial charge in [-0.2, -0.15) is 0 Å². The number of ether oxygens (including phenoxy) is 2. The van der Waals surface area contributed by atoms with Crippen molar-refractivity contribution in [2.24, 2.45) is 0 Å². The Balaban J connectivity index is 1.63. The van der Waals surface area contributed by atoms with Crippen LogP contribution in [0.25, 0.3) is 0 Å². The van der Waals surface area contributed by atoms with E-state index in [0.29, 0.717) is 31.2 Å². The van der Waals surface area contributed by atoms with E-state index in [2.05, 4.69) is 4.72 Å². The number of hydrogen-bond acceptors (Lipinski definition) is 5. The van der Waals surface area contributed by atoms with Gasteiger partial charge in [-0.05, 0) is 74.0 Å². The smallest absolute Gasteiger partial charge is 0.261 e. The summed E-state index contributed by atoms with van der Waals surface area (Å²) in [7, 11) is -2.21. The molecule has 0 aliphatic carbocycles. The first-order valence-corrected chi connectivity index (χ1v) is 12.1. The number of hydrogen-bond donors (Lipinski definition) is 1. The molecule has 0 fully saturated rings. The predicted octanol–water partition coefficient (Wildman–Crippen LogP) is 4.35. The lowest BCUT2D eigenvalue weighted by Gasteiger charge is -2.18. The van der Waals surface area contributed by atoms with Crippen LogP contribution in [0.5, 0.6) is 11.5 Å². The molecule has 0 saturated heterocycles. The molecule has 0 atom stereocenters. The van der Waals surface area contributed by atoms with Crippen LogP contribution in [-0.4, -0.2) is 46.0 Å². The summed E-state index contributed by atoms with van der Waals surface area (Å²) in [5.74, 6) is 1.10. The maximum Gasteiger partial charge on any atom is 0.261 e. The zero-order chi connectivity index (χ0) is 23.8. The van der Waals surface area contributed by atoms with Crippen LogP contribution < -0.4 is 14.2 Å². The Hall–Kier alpha value is -3.52. The minimum Gasteiger partial charge on any atom is -0.494 e. The second-order valence-electron chi connectivity index (χ2n) is 7.48. The first-order valence-electron chi connectivity index (χ1n) is 10.6. The third kappa shape index (κ3) is 6.73. The SMILES string of the molecule is CCOc1ccc(NS(=O)(=O)c2cccc(C(=O)N(C)CCOc3cccc(C)c3)c2)cc1. The van der Waals surface area contributed by atoms with Crippen molar-refractivity contribution in [3.63, 3.8) is 0 Å². The molecular weight excluding hydrogens is 440 g/mol. The molecule has 0 saturated carbocycles. The first kappa shape index (κ1) is 24.1. The molecule has 3 aromatic carbocycles. The summed E-state index contributed by atoms with van der Waals surface area (Å²) in [6, 6.07) is 20.3. The molecule has 0 bridgehead atoms. The van der Waals surface area contributed by atoms with E-state index in [1.54, 1.807) is 43.4 Å². The normalized spacial score (nSPS) is 11.0. The number of benzene rings is 3. The van der Waals surface area contributed by atoms with E-state index in [-0.39, 0.29) is 16.4 Å². The number of nitrogens with one attached hydrogen (secondary N) is 1. The Bertz CT molecular complexity index is 1190. The highest BCUT2D eigenvalue weighted by molar-refractivity contribution is 7.92. The summed E-state index contributed by atoms with van der Waals surface area (Å²) < 4.78 is 39.3. The number of aryl methyl sites for hydroxylation is 1. The second-order valence-corrected chi connectivity index (χ2v) is 9.16. The second kappa shape index (κ2) is 10.9.